The summed E-state index contributed by atoms with van der Waals surface area (Å²) in [6.45, 7) is 5.02. The average molecular weight is 339 g/mol. The van der Waals surface area contributed by atoms with Crippen molar-refractivity contribution < 1.29 is 14.3 Å². The van der Waals surface area contributed by atoms with Crippen LogP contribution in [0.25, 0.3) is 0 Å². The van der Waals surface area contributed by atoms with Crippen LogP contribution in [0, 0.1) is 17.2 Å². The van der Waals surface area contributed by atoms with E-state index in [4.69, 9.17) is 10.00 Å². The number of hydrogen-bond donors (Lipinski definition) is 0. The highest BCUT2D eigenvalue weighted by Crippen LogP contribution is 2.35. The van der Waals surface area contributed by atoms with Gasteiger partial charge in [0.2, 0.25) is 11.8 Å². The van der Waals surface area contributed by atoms with Crippen LogP contribution in [0.5, 0.6) is 0 Å². The fourth-order valence-corrected chi connectivity index (χ4v) is 3.57. The number of ether oxygens (including phenoxy) is 1. The molecule has 2 aliphatic rings. The zero-order valence-electron chi connectivity index (χ0n) is 13.7. The van der Waals surface area contributed by atoms with Crippen LogP contribution in [0.15, 0.2) is 0 Å². The van der Waals surface area contributed by atoms with E-state index in [0.29, 0.717) is 56.7 Å². The van der Waals surface area contributed by atoms with E-state index in [1.165, 1.54) is 24.6 Å². The molecule has 6 nitrogen and oxygen atoms in total. The Labute approximate surface area is 142 Å². The predicted octanol–water partition coefficient (Wildman–Crippen LogP) is 1.12. The number of nitriles is 1. The van der Waals surface area contributed by atoms with Crippen molar-refractivity contribution in [1.29, 1.82) is 5.26 Å². The Morgan fingerprint density at radius 2 is 2.04 bits per heavy atom. The highest BCUT2D eigenvalue weighted by molar-refractivity contribution is 8.00. The van der Waals surface area contributed by atoms with Crippen LogP contribution in [0.4, 0.5) is 0 Å². The first-order chi connectivity index (χ1) is 11.1. The van der Waals surface area contributed by atoms with E-state index in [2.05, 4.69) is 13.0 Å². The third-order valence-corrected chi connectivity index (χ3v) is 5.30. The van der Waals surface area contributed by atoms with E-state index in [9.17, 15) is 9.59 Å². The number of carbonyl (C=O) groups excluding carboxylic acids is 2. The summed E-state index contributed by atoms with van der Waals surface area (Å²) in [7, 11) is 0. The first-order valence-corrected chi connectivity index (χ1v) is 9.38. The van der Waals surface area contributed by atoms with Gasteiger partial charge in [-0.05, 0) is 25.7 Å². The van der Waals surface area contributed by atoms with Crippen molar-refractivity contribution in [1.82, 2.24) is 9.80 Å². The van der Waals surface area contributed by atoms with Crippen LogP contribution < -0.4 is 0 Å². The Hall–Kier alpha value is -1.26. The largest absolute Gasteiger partial charge is 0.378 e. The summed E-state index contributed by atoms with van der Waals surface area (Å²) in [5.41, 5.74) is 0. The van der Waals surface area contributed by atoms with E-state index in [0.717, 1.165) is 0 Å². The third-order valence-electron chi connectivity index (χ3n) is 4.40. The van der Waals surface area contributed by atoms with Gasteiger partial charge < -0.3 is 14.5 Å². The third kappa shape index (κ3) is 5.70. The van der Waals surface area contributed by atoms with Crippen LogP contribution in [0.2, 0.25) is 0 Å². The van der Waals surface area contributed by atoms with Gasteiger partial charge in [0.25, 0.3) is 0 Å². The van der Waals surface area contributed by atoms with E-state index in [1.54, 1.807) is 4.90 Å². The second kappa shape index (κ2) is 9.14. The zero-order chi connectivity index (χ0) is 16.7. The molecule has 1 atom stereocenters. The summed E-state index contributed by atoms with van der Waals surface area (Å²) in [6, 6.07) is 2.31. The van der Waals surface area contributed by atoms with Crippen molar-refractivity contribution in [3.8, 4) is 6.07 Å². The Balaban J connectivity index is 1.74. The lowest BCUT2D eigenvalue weighted by atomic mass is 10.1. The maximum atomic E-state index is 12.4. The molecule has 0 radical (unpaired) electrons. The van der Waals surface area contributed by atoms with Crippen molar-refractivity contribution in [2.24, 2.45) is 5.92 Å². The minimum Gasteiger partial charge on any atom is -0.378 e. The summed E-state index contributed by atoms with van der Waals surface area (Å²) in [5.74, 6) is 1.33. The van der Waals surface area contributed by atoms with Crippen molar-refractivity contribution in [2.75, 3.05) is 44.4 Å². The molecule has 1 aliphatic heterocycles. The van der Waals surface area contributed by atoms with Gasteiger partial charge in [0.05, 0.1) is 37.2 Å². The van der Waals surface area contributed by atoms with Gasteiger partial charge in [0.1, 0.15) is 0 Å². The fourth-order valence-electron chi connectivity index (χ4n) is 2.77. The molecule has 2 fully saturated rings. The standard InChI is InChI=1S/C16H25N3O3S/c1-13(14-3-4-14)19(6-2-5-17)16(21)12-23-11-15(20)18-7-9-22-10-8-18/h13-14H,2-4,6-12H2,1H3. The highest BCUT2D eigenvalue weighted by Gasteiger charge is 2.34. The summed E-state index contributed by atoms with van der Waals surface area (Å²) in [4.78, 5) is 28.1. The second-order valence-corrected chi connectivity index (χ2v) is 7.04. The van der Waals surface area contributed by atoms with Gasteiger partial charge in [-0.1, -0.05) is 0 Å². The van der Waals surface area contributed by atoms with Crippen LogP contribution in [-0.2, 0) is 14.3 Å². The van der Waals surface area contributed by atoms with Gasteiger partial charge >= 0.3 is 0 Å². The lowest BCUT2D eigenvalue weighted by Gasteiger charge is -2.29. The summed E-state index contributed by atoms with van der Waals surface area (Å²) < 4.78 is 5.23. The molecule has 7 heteroatoms. The molecule has 0 N–H and O–H groups in total. The van der Waals surface area contributed by atoms with Gasteiger partial charge in [0, 0.05) is 25.7 Å². The fraction of sp³-hybridized carbons (Fsp3) is 0.812. The van der Waals surface area contributed by atoms with Gasteiger partial charge in [-0.3, -0.25) is 9.59 Å². The molecule has 0 aromatic heterocycles. The van der Waals surface area contributed by atoms with E-state index < -0.39 is 0 Å². The van der Waals surface area contributed by atoms with E-state index >= 15 is 0 Å². The Kier molecular flexibility index (Phi) is 7.18. The smallest absolute Gasteiger partial charge is 0.232 e. The molecule has 1 unspecified atom stereocenters. The maximum absolute atomic E-state index is 12.4. The lowest BCUT2D eigenvalue weighted by molar-refractivity contribution is -0.132. The average Bonchev–Trinajstić information content (AvgIpc) is 3.40. The molecule has 23 heavy (non-hydrogen) atoms. The van der Waals surface area contributed by atoms with E-state index in [-0.39, 0.29) is 17.9 Å². The first-order valence-electron chi connectivity index (χ1n) is 8.23. The molecular formula is C16H25N3O3S. The predicted molar refractivity (Wildman–Crippen MR) is 88.9 cm³/mol. The number of nitrogens with zero attached hydrogens (tertiary/aromatic N) is 3. The summed E-state index contributed by atoms with van der Waals surface area (Å²) in [6.07, 6.45) is 2.69. The molecule has 2 rings (SSSR count). The number of rotatable bonds is 8. The molecule has 1 saturated carbocycles. The summed E-state index contributed by atoms with van der Waals surface area (Å²) in [5, 5.41) is 8.77. The first kappa shape index (κ1) is 18.1. The number of carbonyl (C=O) groups is 2. The van der Waals surface area contributed by atoms with Crippen molar-refractivity contribution in [3.05, 3.63) is 0 Å². The molecule has 1 heterocycles. The molecule has 0 aromatic carbocycles. The second-order valence-electron chi connectivity index (χ2n) is 6.06. The summed E-state index contributed by atoms with van der Waals surface area (Å²) >= 11 is 1.37. The molecular weight excluding hydrogens is 314 g/mol. The molecule has 1 aliphatic carbocycles. The minimum absolute atomic E-state index is 0.0411. The molecule has 0 aromatic rings. The minimum atomic E-state index is 0.0411. The topological polar surface area (TPSA) is 73.6 Å². The molecule has 1 saturated heterocycles. The molecule has 0 bridgehead atoms. The van der Waals surface area contributed by atoms with Crippen molar-refractivity contribution in [2.45, 2.75) is 32.2 Å². The zero-order valence-corrected chi connectivity index (χ0v) is 14.5. The van der Waals surface area contributed by atoms with Crippen LogP contribution in [0.1, 0.15) is 26.2 Å². The highest BCUT2D eigenvalue weighted by atomic mass is 32.2. The van der Waals surface area contributed by atoms with Crippen LogP contribution in [-0.4, -0.2) is 72.0 Å². The number of morpholine rings is 1. The quantitative estimate of drug-likeness (QED) is 0.662. The monoisotopic (exact) mass is 339 g/mol. The number of thioether (sulfide) groups is 1. The molecule has 128 valence electrons. The van der Waals surface area contributed by atoms with Gasteiger partial charge in [0.15, 0.2) is 0 Å². The Morgan fingerprint density at radius 1 is 1.35 bits per heavy atom. The van der Waals surface area contributed by atoms with Gasteiger partial charge in [-0.15, -0.1) is 11.8 Å². The number of hydrogen-bond acceptors (Lipinski definition) is 5. The Bertz CT molecular complexity index is 456. The maximum Gasteiger partial charge on any atom is 0.232 e. The normalized spacial score (nSPS) is 19.0. The molecule has 0 spiro atoms. The SMILES string of the molecule is CC(C1CC1)N(CCC#N)C(=O)CSCC(=O)N1CCOCC1. The van der Waals surface area contributed by atoms with Gasteiger partial charge in [-0.25, -0.2) is 0 Å². The number of amides is 2. The molecule has 2 amide bonds. The van der Waals surface area contributed by atoms with Crippen LogP contribution >= 0.6 is 11.8 Å². The van der Waals surface area contributed by atoms with Gasteiger partial charge in [-0.2, -0.15) is 5.26 Å². The van der Waals surface area contributed by atoms with E-state index in [1.807, 2.05) is 4.90 Å². The Morgan fingerprint density at radius 3 is 2.65 bits per heavy atom. The van der Waals surface area contributed by atoms with Crippen molar-refractivity contribution >= 4 is 23.6 Å². The van der Waals surface area contributed by atoms with Crippen LogP contribution in [0.3, 0.4) is 0 Å². The van der Waals surface area contributed by atoms with Crippen molar-refractivity contribution in [3.63, 3.8) is 0 Å². The lowest BCUT2D eigenvalue weighted by Crippen LogP contribution is -2.43.